The van der Waals surface area contributed by atoms with Gasteiger partial charge in [-0.15, -0.1) is 0 Å². The molecule has 5 heteroatoms. The summed E-state index contributed by atoms with van der Waals surface area (Å²) in [5.41, 5.74) is 1.51. The number of hydrogen-bond donors (Lipinski definition) is 2. The predicted molar refractivity (Wildman–Crippen MR) is 79.9 cm³/mol. The zero-order valence-corrected chi connectivity index (χ0v) is 11.7. The first-order chi connectivity index (χ1) is 10.2. The standard InChI is InChI=1S/C16H17FN2O2/c1-2-21-15-9-7-14(8-10-15)19-16(20)18-11-12-3-5-13(17)6-4-12/h3-10H,2,11H2,1H3,(H2,18,19,20). The smallest absolute Gasteiger partial charge is 0.319 e. The number of carbonyl (C=O) groups excluding carboxylic acids is 1. The highest BCUT2D eigenvalue weighted by molar-refractivity contribution is 5.89. The fourth-order valence-electron chi connectivity index (χ4n) is 1.76. The number of rotatable bonds is 5. The summed E-state index contributed by atoms with van der Waals surface area (Å²) in [7, 11) is 0. The van der Waals surface area contributed by atoms with Crippen LogP contribution in [0, 0.1) is 5.82 Å². The van der Waals surface area contributed by atoms with Gasteiger partial charge in [-0.05, 0) is 48.9 Å². The minimum Gasteiger partial charge on any atom is -0.494 e. The second kappa shape index (κ2) is 7.28. The van der Waals surface area contributed by atoms with Crippen molar-refractivity contribution in [3.8, 4) is 5.75 Å². The van der Waals surface area contributed by atoms with Gasteiger partial charge in [-0.2, -0.15) is 0 Å². The first-order valence-corrected chi connectivity index (χ1v) is 6.69. The van der Waals surface area contributed by atoms with E-state index in [9.17, 15) is 9.18 Å². The maximum atomic E-state index is 12.8. The van der Waals surface area contributed by atoms with Gasteiger partial charge in [0.2, 0.25) is 0 Å². The van der Waals surface area contributed by atoms with E-state index < -0.39 is 0 Å². The Morgan fingerprint density at radius 3 is 2.38 bits per heavy atom. The summed E-state index contributed by atoms with van der Waals surface area (Å²) in [6, 6.07) is 12.8. The number of anilines is 1. The SMILES string of the molecule is CCOc1ccc(NC(=O)NCc2ccc(F)cc2)cc1. The number of urea groups is 1. The van der Waals surface area contributed by atoms with Crippen molar-refractivity contribution < 1.29 is 13.9 Å². The van der Waals surface area contributed by atoms with Crippen LogP contribution in [-0.2, 0) is 6.54 Å². The Hall–Kier alpha value is -2.56. The molecule has 0 bridgehead atoms. The molecule has 0 aliphatic carbocycles. The molecular weight excluding hydrogens is 271 g/mol. The maximum absolute atomic E-state index is 12.8. The molecule has 2 aromatic carbocycles. The Morgan fingerprint density at radius 1 is 1.10 bits per heavy atom. The number of ether oxygens (including phenoxy) is 1. The molecule has 2 amide bonds. The summed E-state index contributed by atoms with van der Waals surface area (Å²) in [5, 5.41) is 5.42. The molecule has 0 fully saturated rings. The molecule has 0 unspecified atom stereocenters. The highest BCUT2D eigenvalue weighted by atomic mass is 19.1. The Labute approximate surface area is 122 Å². The average Bonchev–Trinajstić information content (AvgIpc) is 2.49. The van der Waals surface area contributed by atoms with Crippen molar-refractivity contribution in [3.63, 3.8) is 0 Å². The van der Waals surface area contributed by atoms with Gasteiger partial charge >= 0.3 is 6.03 Å². The summed E-state index contributed by atoms with van der Waals surface area (Å²) in [5.74, 6) is 0.465. The van der Waals surface area contributed by atoms with E-state index >= 15 is 0 Å². The third-order valence-corrected chi connectivity index (χ3v) is 2.79. The van der Waals surface area contributed by atoms with Crippen LogP contribution in [0.15, 0.2) is 48.5 Å². The van der Waals surface area contributed by atoms with Gasteiger partial charge in [-0.25, -0.2) is 9.18 Å². The van der Waals surface area contributed by atoms with Crippen LogP contribution in [0.3, 0.4) is 0 Å². The van der Waals surface area contributed by atoms with Crippen molar-refractivity contribution in [1.82, 2.24) is 5.32 Å². The Balaban J connectivity index is 1.82. The van der Waals surface area contributed by atoms with Crippen LogP contribution >= 0.6 is 0 Å². The van der Waals surface area contributed by atoms with Crippen molar-refractivity contribution in [1.29, 1.82) is 0 Å². The molecule has 110 valence electrons. The van der Waals surface area contributed by atoms with Crippen molar-refractivity contribution in [2.24, 2.45) is 0 Å². The van der Waals surface area contributed by atoms with E-state index in [1.54, 1.807) is 36.4 Å². The molecule has 0 spiro atoms. The monoisotopic (exact) mass is 288 g/mol. The van der Waals surface area contributed by atoms with E-state index in [0.717, 1.165) is 11.3 Å². The number of amides is 2. The first kappa shape index (κ1) is 14.8. The lowest BCUT2D eigenvalue weighted by Crippen LogP contribution is -2.28. The van der Waals surface area contributed by atoms with Gasteiger partial charge in [0.05, 0.1) is 6.61 Å². The molecule has 2 rings (SSSR count). The van der Waals surface area contributed by atoms with E-state index in [0.29, 0.717) is 18.8 Å². The van der Waals surface area contributed by atoms with E-state index in [1.807, 2.05) is 6.92 Å². The third kappa shape index (κ3) is 4.80. The zero-order valence-electron chi connectivity index (χ0n) is 11.7. The minimum absolute atomic E-state index is 0.294. The quantitative estimate of drug-likeness (QED) is 0.884. The Morgan fingerprint density at radius 2 is 1.76 bits per heavy atom. The molecule has 2 N–H and O–H groups in total. The van der Waals surface area contributed by atoms with Gasteiger partial charge in [-0.1, -0.05) is 12.1 Å². The van der Waals surface area contributed by atoms with Gasteiger partial charge in [0.15, 0.2) is 0 Å². The predicted octanol–water partition coefficient (Wildman–Crippen LogP) is 3.55. The third-order valence-electron chi connectivity index (χ3n) is 2.79. The minimum atomic E-state index is -0.316. The van der Waals surface area contributed by atoms with E-state index in [2.05, 4.69) is 10.6 Å². The molecule has 0 aliphatic rings. The number of carbonyl (C=O) groups is 1. The fraction of sp³-hybridized carbons (Fsp3) is 0.188. The summed E-state index contributed by atoms with van der Waals surface area (Å²) < 4.78 is 18.1. The molecule has 21 heavy (non-hydrogen) atoms. The highest BCUT2D eigenvalue weighted by Crippen LogP contribution is 2.15. The second-order valence-electron chi connectivity index (χ2n) is 4.39. The van der Waals surface area contributed by atoms with Crippen LogP contribution in [0.1, 0.15) is 12.5 Å². The lowest BCUT2D eigenvalue weighted by atomic mass is 10.2. The number of hydrogen-bond acceptors (Lipinski definition) is 2. The summed E-state index contributed by atoms with van der Waals surface area (Å²) >= 11 is 0. The van der Waals surface area contributed by atoms with Crippen LogP contribution in [0.4, 0.5) is 14.9 Å². The molecule has 4 nitrogen and oxygen atoms in total. The van der Waals surface area contributed by atoms with Crippen molar-refractivity contribution >= 4 is 11.7 Å². The van der Waals surface area contributed by atoms with Gasteiger partial charge < -0.3 is 15.4 Å². The van der Waals surface area contributed by atoms with Crippen molar-refractivity contribution in [2.45, 2.75) is 13.5 Å². The topological polar surface area (TPSA) is 50.4 Å². The Kier molecular flexibility index (Phi) is 5.15. The van der Waals surface area contributed by atoms with Gasteiger partial charge in [-0.3, -0.25) is 0 Å². The molecule has 0 saturated heterocycles. The van der Waals surface area contributed by atoms with Gasteiger partial charge in [0.25, 0.3) is 0 Å². The van der Waals surface area contributed by atoms with Crippen molar-refractivity contribution in [3.05, 3.63) is 59.9 Å². The largest absolute Gasteiger partial charge is 0.494 e. The van der Waals surface area contributed by atoms with Crippen molar-refractivity contribution in [2.75, 3.05) is 11.9 Å². The molecule has 2 aromatic rings. The van der Waals surface area contributed by atoms with E-state index in [4.69, 9.17) is 4.74 Å². The van der Waals surface area contributed by atoms with Gasteiger partial charge in [0, 0.05) is 12.2 Å². The average molecular weight is 288 g/mol. The number of nitrogens with one attached hydrogen (secondary N) is 2. The summed E-state index contributed by atoms with van der Waals surface area (Å²) in [6.45, 7) is 2.85. The fourth-order valence-corrected chi connectivity index (χ4v) is 1.76. The second-order valence-corrected chi connectivity index (χ2v) is 4.39. The van der Waals surface area contributed by atoms with Gasteiger partial charge in [0.1, 0.15) is 11.6 Å². The first-order valence-electron chi connectivity index (χ1n) is 6.69. The lowest BCUT2D eigenvalue weighted by Gasteiger charge is -2.09. The molecule has 0 atom stereocenters. The number of halogens is 1. The molecule has 0 aliphatic heterocycles. The van der Waals surface area contributed by atoms with E-state index in [1.165, 1.54) is 12.1 Å². The zero-order chi connectivity index (χ0) is 15.1. The van der Waals surface area contributed by atoms with Crippen LogP contribution in [0.25, 0.3) is 0 Å². The lowest BCUT2D eigenvalue weighted by molar-refractivity contribution is 0.251. The maximum Gasteiger partial charge on any atom is 0.319 e. The number of benzene rings is 2. The summed E-state index contributed by atoms with van der Waals surface area (Å²) in [6.07, 6.45) is 0. The normalized spacial score (nSPS) is 10.0. The van der Waals surface area contributed by atoms with Crippen LogP contribution < -0.4 is 15.4 Å². The molecule has 0 radical (unpaired) electrons. The van der Waals surface area contributed by atoms with Crippen LogP contribution in [-0.4, -0.2) is 12.6 Å². The van der Waals surface area contributed by atoms with Crippen LogP contribution in [0.2, 0.25) is 0 Å². The molecule has 0 saturated carbocycles. The van der Waals surface area contributed by atoms with Crippen LogP contribution in [0.5, 0.6) is 5.75 Å². The highest BCUT2D eigenvalue weighted by Gasteiger charge is 2.02. The molecule has 0 heterocycles. The Bertz CT molecular complexity index is 582. The molecule has 0 aromatic heterocycles. The molecular formula is C16H17FN2O2. The van der Waals surface area contributed by atoms with E-state index in [-0.39, 0.29) is 11.8 Å². The summed E-state index contributed by atoms with van der Waals surface area (Å²) in [4.78, 5) is 11.7.